The van der Waals surface area contributed by atoms with Crippen LogP contribution in [-0.4, -0.2) is 22.4 Å². The Kier molecular flexibility index (Phi) is 3.38. The molecule has 0 unspecified atom stereocenters. The van der Waals surface area contributed by atoms with Crippen LogP contribution in [0.25, 0.3) is 0 Å². The Balaban J connectivity index is 2.27. The van der Waals surface area contributed by atoms with E-state index in [1.807, 2.05) is 0 Å². The van der Waals surface area contributed by atoms with Crippen LogP contribution in [0.1, 0.15) is 19.4 Å². The number of nitrogens with zero attached hydrogens (tertiary/aromatic N) is 1. The zero-order chi connectivity index (χ0) is 13.5. The van der Waals surface area contributed by atoms with Gasteiger partial charge in [-0.05, 0) is 37.6 Å². The Morgan fingerprint density at radius 3 is 2.61 bits per heavy atom. The average molecular weight is 332 g/mol. The van der Waals surface area contributed by atoms with Gasteiger partial charge in [0.1, 0.15) is 5.54 Å². The fourth-order valence-electron chi connectivity index (χ4n) is 1.80. The van der Waals surface area contributed by atoms with Crippen LogP contribution in [0, 0.1) is 0 Å². The van der Waals surface area contributed by atoms with E-state index >= 15 is 0 Å². The van der Waals surface area contributed by atoms with E-state index in [-0.39, 0.29) is 18.5 Å². The third-order valence-electron chi connectivity index (χ3n) is 2.78. The summed E-state index contributed by atoms with van der Waals surface area (Å²) >= 11 is 9.28. The Morgan fingerprint density at radius 1 is 1.39 bits per heavy atom. The topological polar surface area (TPSA) is 49.4 Å². The molecule has 18 heavy (non-hydrogen) atoms. The van der Waals surface area contributed by atoms with Gasteiger partial charge in [-0.3, -0.25) is 9.69 Å². The van der Waals surface area contributed by atoms with Crippen LogP contribution >= 0.6 is 27.5 Å². The van der Waals surface area contributed by atoms with E-state index in [9.17, 15) is 9.59 Å². The highest BCUT2D eigenvalue weighted by atomic mass is 79.9. The van der Waals surface area contributed by atoms with Crippen molar-refractivity contribution in [3.05, 3.63) is 33.3 Å². The molecule has 2 rings (SSSR count). The summed E-state index contributed by atoms with van der Waals surface area (Å²) in [6.45, 7) is 3.57. The van der Waals surface area contributed by atoms with Gasteiger partial charge in [-0.25, -0.2) is 4.79 Å². The van der Waals surface area contributed by atoms with E-state index in [4.69, 9.17) is 11.6 Å². The molecule has 1 saturated heterocycles. The quantitative estimate of drug-likeness (QED) is 0.847. The zero-order valence-electron chi connectivity index (χ0n) is 9.96. The van der Waals surface area contributed by atoms with Crippen molar-refractivity contribution in [1.82, 2.24) is 10.2 Å². The number of rotatable bonds is 2. The number of hydrogen-bond donors (Lipinski definition) is 1. The molecule has 1 heterocycles. The minimum absolute atomic E-state index is 0.204. The molecule has 0 radical (unpaired) electrons. The molecule has 0 aliphatic carbocycles. The minimum atomic E-state index is -0.845. The summed E-state index contributed by atoms with van der Waals surface area (Å²) < 4.78 is 0.817. The lowest BCUT2D eigenvalue weighted by Gasteiger charge is -2.16. The molecule has 96 valence electrons. The molecule has 1 aromatic rings. The number of halogens is 2. The van der Waals surface area contributed by atoms with E-state index in [1.165, 1.54) is 4.90 Å². The smallest absolute Gasteiger partial charge is 0.324 e. The number of carbonyl (C=O) groups is 2. The Hall–Kier alpha value is -1.07. The predicted molar refractivity (Wildman–Crippen MR) is 72.3 cm³/mol. The second kappa shape index (κ2) is 4.55. The number of benzene rings is 1. The number of nitrogens with one attached hydrogen (secondary N) is 1. The maximum atomic E-state index is 12.0. The maximum absolute atomic E-state index is 12.0. The molecule has 0 aromatic heterocycles. The molecule has 1 aromatic carbocycles. The molecule has 4 nitrogen and oxygen atoms in total. The number of imide groups is 1. The van der Waals surface area contributed by atoms with Crippen molar-refractivity contribution in [3.8, 4) is 0 Å². The largest absolute Gasteiger partial charge is 0.325 e. The van der Waals surface area contributed by atoms with Crippen LogP contribution in [0.15, 0.2) is 22.7 Å². The molecule has 0 bridgehead atoms. The predicted octanol–water partition coefficient (Wildman–Crippen LogP) is 2.93. The fourth-order valence-corrected chi connectivity index (χ4v) is 2.36. The van der Waals surface area contributed by atoms with Crippen LogP contribution in [0.3, 0.4) is 0 Å². The number of urea groups is 1. The molecule has 1 N–H and O–H groups in total. The molecule has 1 aliphatic rings. The van der Waals surface area contributed by atoms with E-state index in [0.717, 1.165) is 10.0 Å². The van der Waals surface area contributed by atoms with Gasteiger partial charge in [0.2, 0.25) is 0 Å². The molecule has 1 fully saturated rings. The van der Waals surface area contributed by atoms with E-state index in [2.05, 4.69) is 21.2 Å². The summed E-state index contributed by atoms with van der Waals surface area (Å²) in [5, 5.41) is 3.21. The first kappa shape index (κ1) is 13.4. The number of carbonyl (C=O) groups excluding carboxylic acids is 2. The first-order chi connectivity index (χ1) is 8.31. The number of amides is 3. The molecule has 3 amide bonds. The van der Waals surface area contributed by atoms with Crippen molar-refractivity contribution >= 4 is 39.5 Å². The lowest BCUT2D eigenvalue weighted by atomic mass is 10.1. The summed E-state index contributed by atoms with van der Waals surface area (Å²) in [4.78, 5) is 25.0. The standard InChI is InChI=1S/C12H12BrClN2O2/c1-12(2)10(17)16(11(18)15-12)6-7-5-8(14)3-4-9(7)13/h3-5H,6H2,1-2H3,(H,15,18). The van der Waals surface area contributed by atoms with Gasteiger partial charge in [-0.2, -0.15) is 0 Å². The summed E-state index contributed by atoms with van der Waals surface area (Å²) in [5.41, 5.74) is -0.0500. The lowest BCUT2D eigenvalue weighted by Crippen LogP contribution is -2.40. The Bertz CT molecular complexity index is 531. The highest BCUT2D eigenvalue weighted by molar-refractivity contribution is 9.10. The Morgan fingerprint density at radius 2 is 2.06 bits per heavy atom. The van der Waals surface area contributed by atoms with Crippen LogP contribution in [0.2, 0.25) is 5.02 Å². The van der Waals surface area contributed by atoms with E-state index in [1.54, 1.807) is 32.0 Å². The zero-order valence-corrected chi connectivity index (χ0v) is 12.3. The van der Waals surface area contributed by atoms with E-state index < -0.39 is 5.54 Å². The van der Waals surface area contributed by atoms with Crippen LogP contribution in [0.4, 0.5) is 4.79 Å². The van der Waals surface area contributed by atoms with E-state index in [0.29, 0.717) is 5.02 Å². The van der Waals surface area contributed by atoms with Crippen molar-refractivity contribution in [2.45, 2.75) is 25.9 Å². The molecular weight excluding hydrogens is 320 g/mol. The first-order valence-corrected chi connectivity index (χ1v) is 6.56. The van der Waals surface area contributed by atoms with Crippen molar-refractivity contribution < 1.29 is 9.59 Å². The monoisotopic (exact) mass is 330 g/mol. The van der Waals surface area contributed by atoms with Crippen molar-refractivity contribution in [2.24, 2.45) is 0 Å². The highest BCUT2D eigenvalue weighted by Crippen LogP contribution is 2.25. The van der Waals surface area contributed by atoms with Gasteiger partial charge < -0.3 is 5.32 Å². The Labute approximate surface area is 118 Å². The van der Waals surface area contributed by atoms with Gasteiger partial charge in [0, 0.05) is 9.50 Å². The van der Waals surface area contributed by atoms with Gasteiger partial charge in [0.15, 0.2) is 0 Å². The fraction of sp³-hybridized carbons (Fsp3) is 0.333. The summed E-state index contributed by atoms with van der Waals surface area (Å²) in [6.07, 6.45) is 0. The third kappa shape index (κ3) is 2.37. The second-order valence-electron chi connectivity index (χ2n) is 4.68. The van der Waals surface area contributed by atoms with Crippen molar-refractivity contribution in [1.29, 1.82) is 0 Å². The number of hydrogen-bond acceptors (Lipinski definition) is 2. The SMILES string of the molecule is CC1(C)NC(=O)N(Cc2cc(Cl)ccc2Br)C1=O. The third-order valence-corrected chi connectivity index (χ3v) is 3.79. The maximum Gasteiger partial charge on any atom is 0.325 e. The molecule has 0 atom stereocenters. The summed E-state index contributed by atoms with van der Waals surface area (Å²) in [6, 6.07) is 4.89. The summed E-state index contributed by atoms with van der Waals surface area (Å²) in [7, 11) is 0. The lowest BCUT2D eigenvalue weighted by molar-refractivity contribution is -0.130. The van der Waals surface area contributed by atoms with Gasteiger partial charge >= 0.3 is 6.03 Å². The molecule has 0 saturated carbocycles. The first-order valence-electron chi connectivity index (χ1n) is 5.39. The minimum Gasteiger partial charge on any atom is -0.324 e. The van der Waals surface area contributed by atoms with Gasteiger partial charge in [0.05, 0.1) is 6.54 Å². The second-order valence-corrected chi connectivity index (χ2v) is 5.97. The van der Waals surface area contributed by atoms with Gasteiger partial charge in [0.25, 0.3) is 5.91 Å². The van der Waals surface area contributed by atoms with Crippen LogP contribution in [-0.2, 0) is 11.3 Å². The molecule has 1 aliphatic heterocycles. The van der Waals surface area contributed by atoms with Crippen molar-refractivity contribution in [2.75, 3.05) is 0 Å². The van der Waals surface area contributed by atoms with Crippen LogP contribution < -0.4 is 5.32 Å². The van der Waals surface area contributed by atoms with Gasteiger partial charge in [-0.1, -0.05) is 27.5 Å². The highest BCUT2D eigenvalue weighted by Gasteiger charge is 2.44. The van der Waals surface area contributed by atoms with Crippen LogP contribution in [0.5, 0.6) is 0 Å². The molecule has 0 spiro atoms. The molecule has 6 heteroatoms. The normalized spacial score (nSPS) is 18.1. The molecular formula is C12H12BrClN2O2. The summed E-state index contributed by atoms with van der Waals surface area (Å²) in [5.74, 6) is -0.237. The van der Waals surface area contributed by atoms with Gasteiger partial charge in [-0.15, -0.1) is 0 Å². The average Bonchev–Trinajstić information content (AvgIpc) is 2.46. The van der Waals surface area contributed by atoms with Crippen molar-refractivity contribution in [3.63, 3.8) is 0 Å².